The fraction of sp³-hybridized carbons (Fsp3) is 0.500. The van der Waals surface area contributed by atoms with E-state index in [1.165, 1.54) is 0 Å². The van der Waals surface area contributed by atoms with E-state index in [4.69, 9.17) is 39.8 Å². The first kappa shape index (κ1) is 21.4. The summed E-state index contributed by atoms with van der Waals surface area (Å²) in [4.78, 5) is 0. The number of alkyl halides is 1. The second-order valence-corrected chi connectivity index (χ2v) is 4.20. The lowest BCUT2D eigenvalue weighted by molar-refractivity contribution is 0.114. The Morgan fingerprint density at radius 1 is 0.957 bits per heavy atom. The van der Waals surface area contributed by atoms with Crippen LogP contribution in [0.25, 0.3) is 0 Å². The zero-order valence-electron chi connectivity index (χ0n) is 14.0. The van der Waals surface area contributed by atoms with Crippen molar-refractivity contribution in [1.29, 1.82) is 0 Å². The highest BCUT2D eigenvalue weighted by Gasteiger charge is 1.99. The van der Waals surface area contributed by atoms with Crippen LogP contribution in [0.3, 0.4) is 0 Å². The van der Waals surface area contributed by atoms with Crippen LogP contribution in [0.2, 0.25) is 0 Å². The average Bonchev–Trinajstić information content (AvgIpc) is 3.23. The Labute approximate surface area is 141 Å². The van der Waals surface area contributed by atoms with Crippen LogP contribution in [0.15, 0.2) is 33.1 Å². The van der Waals surface area contributed by atoms with E-state index in [1.807, 2.05) is 13.0 Å². The standard InChI is InChI=1S/C8H12O3.C6H7ClO2.C2H6O/c1-3-10-6-7-4-5-8(9-2)11-7;1-8-6-3-2-5(4-7)9-6;1-2-3/h4-5H,3,6H2,1-2H3;2-3H,4H2,1H3;3H,2H2,1H3. The molecule has 0 amide bonds. The Morgan fingerprint density at radius 3 is 1.78 bits per heavy atom. The Morgan fingerprint density at radius 2 is 1.43 bits per heavy atom. The summed E-state index contributed by atoms with van der Waals surface area (Å²) in [6.07, 6.45) is 0. The molecule has 0 saturated heterocycles. The number of hydrogen-bond acceptors (Lipinski definition) is 6. The molecular formula is C16H25ClO6. The van der Waals surface area contributed by atoms with Gasteiger partial charge in [0.2, 0.25) is 0 Å². The number of hydrogen-bond donors (Lipinski definition) is 1. The summed E-state index contributed by atoms with van der Waals surface area (Å²) in [5, 5.41) is 7.57. The minimum absolute atomic E-state index is 0.250. The summed E-state index contributed by atoms with van der Waals surface area (Å²) in [6, 6.07) is 7.13. The van der Waals surface area contributed by atoms with Crippen molar-refractivity contribution in [3.05, 3.63) is 35.8 Å². The number of aliphatic hydroxyl groups is 1. The van der Waals surface area contributed by atoms with Crippen molar-refractivity contribution >= 4 is 11.6 Å². The van der Waals surface area contributed by atoms with Crippen LogP contribution >= 0.6 is 11.6 Å². The lowest BCUT2D eigenvalue weighted by atomic mass is 10.5. The van der Waals surface area contributed by atoms with Crippen molar-refractivity contribution in [2.75, 3.05) is 27.4 Å². The zero-order chi connectivity index (χ0) is 17.5. The van der Waals surface area contributed by atoms with Crippen LogP contribution in [-0.4, -0.2) is 32.5 Å². The van der Waals surface area contributed by atoms with Crippen LogP contribution < -0.4 is 9.47 Å². The summed E-state index contributed by atoms with van der Waals surface area (Å²) < 4.78 is 25.0. The Balaban J connectivity index is 0.000000365. The van der Waals surface area contributed by atoms with Crippen LogP contribution in [0.4, 0.5) is 0 Å². The lowest BCUT2D eigenvalue weighted by Gasteiger charge is -1.95. The van der Waals surface area contributed by atoms with Crippen molar-refractivity contribution in [1.82, 2.24) is 0 Å². The van der Waals surface area contributed by atoms with Gasteiger partial charge in [-0.05, 0) is 26.0 Å². The van der Waals surface area contributed by atoms with Crippen LogP contribution in [0, 0.1) is 0 Å². The fourth-order valence-corrected chi connectivity index (χ4v) is 1.43. The highest BCUT2D eigenvalue weighted by molar-refractivity contribution is 6.16. The van der Waals surface area contributed by atoms with Crippen LogP contribution in [0.5, 0.6) is 11.9 Å². The van der Waals surface area contributed by atoms with Gasteiger partial charge in [0.05, 0.1) is 20.1 Å². The number of furan rings is 2. The molecule has 0 aliphatic carbocycles. The molecule has 0 saturated carbocycles. The highest BCUT2D eigenvalue weighted by Crippen LogP contribution is 2.16. The van der Waals surface area contributed by atoms with Crippen molar-refractivity contribution < 1.29 is 28.2 Å². The first-order valence-corrected chi connectivity index (χ1v) is 7.68. The first-order valence-electron chi connectivity index (χ1n) is 7.14. The van der Waals surface area contributed by atoms with E-state index in [9.17, 15) is 0 Å². The number of ether oxygens (including phenoxy) is 3. The molecule has 6 nitrogen and oxygen atoms in total. The summed E-state index contributed by atoms with van der Waals surface area (Å²) in [5.41, 5.74) is 0. The SMILES string of the molecule is CCO.CCOCc1ccc(OC)o1.COc1ccc(CCl)o1. The van der Waals surface area contributed by atoms with Gasteiger partial charge in [0.1, 0.15) is 18.1 Å². The Hall–Kier alpha value is -1.63. The van der Waals surface area contributed by atoms with E-state index in [1.54, 1.807) is 39.3 Å². The van der Waals surface area contributed by atoms with E-state index < -0.39 is 0 Å². The van der Waals surface area contributed by atoms with Gasteiger partial charge in [-0.3, -0.25) is 0 Å². The molecule has 1 N–H and O–H groups in total. The molecule has 0 spiro atoms. The van der Waals surface area contributed by atoms with Gasteiger partial charge in [0.15, 0.2) is 0 Å². The summed E-state index contributed by atoms with van der Waals surface area (Å²) in [6.45, 7) is 5.09. The van der Waals surface area contributed by atoms with Gasteiger partial charge in [0, 0.05) is 25.3 Å². The largest absolute Gasteiger partial charge is 0.468 e. The molecule has 2 heterocycles. The highest BCUT2D eigenvalue weighted by atomic mass is 35.5. The van der Waals surface area contributed by atoms with Gasteiger partial charge in [0.25, 0.3) is 11.9 Å². The molecule has 0 radical (unpaired) electrons. The molecule has 2 aromatic heterocycles. The predicted octanol–water partition coefficient (Wildman–Crippen LogP) is 3.85. The molecule has 0 aliphatic rings. The van der Waals surface area contributed by atoms with E-state index in [2.05, 4.69) is 0 Å². The molecule has 0 aromatic carbocycles. The molecule has 0 unspecified atom stereocenters. The molecule has 7 heteroatoms. The van der Waals surface area contributed by atoms with E-state index in [0.29, 0.717) is 31.0 Å². The quantitative estimate of drug-likeness (QED) is 0.799. The number of methoxy groups -OCH3 is 2. The fourth-order valence-electron chi connectivity index (χ4n) is 1.29. The third-order valence-electron chi connectivity index (χ3n) is 2.26. The lowest BCUT2D eigenvalue weighted by Crippen LogP contribution is -1.88. The van der Waals surface area contributed by atoms with Crippen molar-refractivity contribution in [3.63, 3.8) is 0 Å². The van der Waals surface area contributed by atoms with Crippen LogP contribution in [-0.2, 0) is 17.2 Å². The van der Waals surface area contributed by atoms with Gasteiger partial charge in [-0.25, -0.2) is 0 Å². The Bertz CT molecular complexity index is 476. The third-order valence-corrected chi connectivity index (χ3v) is 2.52. The number of aliphatic hydroxyl groups excluding tert-OH is 1. The maximum Gasteiger partial charge on any atom is 0.284 e. The maximum absolute atomic E-state index is 7.57. The normalized spacial score (nSPS) is 9.30. The van der Waals surface area contributed by atoms with Gasteiger partial charge in [-0.1, -0.05) is 0 Å². The number of halogens is 1. The molecule has 0 aliphatic heterocycles. The minimum Gasteiger partial charge on any atom is -0.468 e. The van der Waals surface area contributed by atoms with Crippen molar-refractivity contribution in [2.45, 2.75) is 26.3 Å². The van der Waals surface area contributed by atoms with E-state index in [-0.39, 0.29) is 6.61 Å². The predicted molar refractivity (Wildman–Crippen MR) is 88.2 cm³/mol. The van der Waals surface area contributed by atoms with Gasteiger partial charge >= 0.3 is 0 Å². The first-order chi connectivity index (χ1) is 11.1. The smallest absolute Gasteiger partial charge is 0.284 e. The second-order valence-electron chi connectivity index (χ2n) is 3.94. The van der Waals surface area contributed by atoms with Gasteiger partial charge in [-0.15, -0.1) is 11.6 Å². The van der Waals surface area contributed by atoms with E-state index >= 15 is 0 Å². The van der Waals surface area contributed by atoms with Gasteiger partial charge in [-0.2, -0.15) is 0 Å². The summed E-state index contributed by atoms with van der Waals surface area (Å²) in [5.74, 6) is 2.95. The summed E-state index contributed by atoms with van der Waals surface area (Å²) in [7, 11) is 3.13. The van der Waals surface area contributed by atoms with Crippen molar-refractivity contribution in [3.8, 4) is 11.9 Å². The number of rotatable bonds is 6. The topological polar surface area (TPSA) is 74.2 Å². The molecule has 23 heavy (non-hydrogen) atoms. The van der Waals surface area contributed by atoms with Crippen molar-refractivity contribution in [2.24, 2.45) is 0 Å². The molecule has 2 rings (SSSR count). The average molecular weight is 349 g/mol. The molecule has 0 fully saturated rings. The van der Waals surface area contributed by atoms with E-state index in [0.717, 1.165) is 11.5 Å². The molecule has 132 valence electrons. The molecular weight excluding hydrogens is 324 g/mol. The molecule has 0 bridgehead atoms. The molecule has 0 atom stereocenters. The minimum atomic E-state index is 0.250. The van der Waals surface area contributed by atoms with Crippen LogP contribution in [0.1, 0.15) is 25.4 Å². The second kappa shape index (κ2) is 14.0. The molecule has 2 aromatic rings. The maximum atomic E-state index is 7.57. The zero-order valence-corrected chi connectivity index (χ0v) is 14.8. The monoisotopic (exact) mass is 348 g/mol. The third kappa shape index (κ3) is 9.89. The van der Waals surface area contributed by atoms with Gasteiger partial charge < -0.3 is 28.2 Å². The Kier molecular flexibility index (Phi) is 13.0. The summed E-state index contributed by atoms with van der Waals surface area (Å²) >= 11 is 5.45.